The quantitative estimate of drug-likeness (QED) is 0.555. The van der Waals surface area contributed by atoms with Gasteiger partial charge in [0.2, 0.25) is 5.54 Å². The van der Waals surface area contributed by atoms with Gasteiger partial charge in [-0.3, -0.25) is 10.1 Å². The van der Waals surface area contributed by atoms with Crippen molar-refractivity contribution in [2.45, 2.75) is 38.5 Å². The number of para-hydroxylation sites is 1. The molecule has 6 heteroatoms. The Hall–Kier alpha value is -4.11. The molecular formula is C28H25FN2O3. The van der Waals surface area contributed by atoms with Gasteiger partial charge in [-0.1, -0.05) is 72.5 Å². The molecule has 0 aliphatic carbocycles. The summed E-state index contributed by atoms with van der Waals surface area (Å²) in [5.41, 5.74) is -0.787. The third-order valence-electron chi connectivity index (χ3n) is 5.27. The number of benzene rings is 3. The van der Waals surface area contributed by atoms with E-state index in [1.807, 2.05) is 48.5 Å². The minimum absolute atomic E-state index is 0.0924. The number of ether oxygens (including phenoxy) is 1. The Morgan fingerprint density at radius 1 is 1.00 bits per heavy atom. The summed E-state index contributed by atoms with van der Waals surface area (Å²) in [6, 6.07) is 22.8. The number of nitrogens with one attached hydrogen (secondary N) is 1. The van der Waals surface area contributed by atoms with Crippen LogP contribution in [0.3, 0.4) is 0 Å². The lowest BCUT2D eigenvalue weighted by Gasteiger charge is -2.27. The molecule has 1 atom stereocenters. The average Bonchev–Trinajstić information content (AvgIpc) is 3.02. The summed E-state index contributed by atoms with van der Waals surface area (Å²) in [6.07, 6.45) is -0.819. The SMILES string of the molecule is CC(C)(C)OC(=O)N[C@]1(C#Cc2ccccc2)C(=O)N(Cc2ccccc2)c2c(F)cccc21. The Bertz CT molecular complexity index is 1270. The van der Waals surface area contributed by atoms with Gasteiger partial charge >= 0.3 is 6.09 Å². The molecule has 5 nitrogen and oxygen atoms in total. The van der Waals surface area contributed by atoms with Crippen LogP contribution in [0.5, 0.6) is 0 Å². The molecule has 1 aliphatic rings. The molecule has 1 heterocycles. The molecule has 4 rings (SSSR count). The monoisotopic (exact) mass is 456 g/mol. The van der Waals surface area contributed by atoms with Crippen LogP contribution in [0.25, 0.3) is 0 Å². The smallest absolute Gasteiger partial charge is 0.409 e. The van der Waals surface area contributed by atoms with Crippen molar-refractivity contribution >= 4 is 17.7 Å². The van der Waals surface area contributed by atoms with E-state index < -0.39 is 29.0 Å². The van der Waals surface area contributed by atoms with Gasteiger partial charge in [-0.05, 0) is 44.5 Å². The summed E-state index contributed by atoms with van der Waals surface area (Å²) in [7, 11) is 0. The molecule has 0 fully saturated rings. The lowest BCUT2D eigenvalue weighted by atomic mass is 9.91. The first kappa shape index (κ1) is 23.1. The molecule has 2 amide bonds. The molecule has 0 spiro atoms. The van der Waals surface area contributed by atoms with E-state index in [4.69, 9.17) is 4.74 Å². The molecule has 34 heavy (non-hydrogen) atoms. The van der Waals surface area contributed by atoms with Crippen molar-refractivity contribution < 1.29 is 18.7 Å². The first-order chi connectivity index (χ1) is 16.2. The first-order valence-corrected chi connectivity index (χ1v) is 10.9. The summed E-state index contributed by atoms with van der Waals surface area (Å²) in [5, 5.41) is 2.68. The molecule has 0 saturated heterocycles. The predicted octanol–water partition coefficient (Wildman–Crippen LogP) is 5.14. The molecule has 3 aromatic rings. The Labute approximate surface area is 198 Å². The van der Waals surface area contributed by atoms with Gasteiger partial charge in [-0.2, -0.15) is 0 Å². The Morgan fingerprint density at radius 3 is 2.29 bits per heavy atom. The van der Waals surface area contributed by atoms with Crippen molar-refractivity contribution in [3.05, 3.63) is 101 Å². The Morgan fingerprint density at radius 2 is 1.65 bits per heavy atom. The number of hydrogen-bond donors (Lipinski definition) is 1. The fourth-order valence-corrected chi connectivity index (χ4v) is 3.85. The number of amides is 2. The van der Waals surface area contributed by atoms with Gasteiger partial charge in [0.1, 0.15) is 11.4 Å². The highest BCUT2D eigenvalue weighted by atomic mass is 19.1. The second kappa shape index (κ2) is 9.03. The third-order valence-corrected chi connectivity index (χ3v) is 5.27. The maximum Gasteiger partial charge on any atom is 0.409 e. The zero-order chi connectivity index (χ0) is 24.3. The van der Waals surface area contributed by atoms with Crippen LogP contribution in [0.15, 0.2) is 78.9 Å². The maximum atomic E-state index is 15.1. The lowest BCUT2D eigenvalue weighted by Crippen LogP contribution is -2.53. The largest absolute Gasteiger partial charge is 0.444 e. The van der Waals surface area contributed by atoms with Crippen molar-refractivity contribution in [2.24, 2.45) is 0 Å². The maximum absolute atomic E-state index is 15.1. The Kier molecular flexibility index (Phi) is 6.12. The van der Waals surface area contributed by atoms with E-state index in [2.05, 4.69) is 17.2 Å². The minimum atomic E-state index is -1.82. The second-order valence-corrected chi connectivity index (χ2v) is 9.01. The van der Waals surface area contributed by atoms with Gasteiger partial charge in [0.15, 0.2) is 0 Å². The highest BCUT2D eigenvalue weighted by Gasteiger charge is 2.53. The highest BCUT2D eigenvalue weighted by molar-refractivity contribution is 6.11. The topological polar surface area (TPSA) is 58.6 Å². The molecule has 0 saturated carbocycles. The summed E-state index contributed by atoms with van der Waals surface area (Å²) in [5.74, 6) is 4.81. The number of carbonyl (C=O) groups is 2. The highest BCUT2D eigenvalue weighted by Crippen LogP contribution is 2.43. The number of anilines is 1. The number of carbonyl (C=O) groups excluding carboxylic acids is 2. The summed E-state index contributed by atoms with van der Waals surface area (Å²) in [4.78, 5) is 28.2. The number of alkyl carbamates (subject to hydrolysis) is 1. The van der Waals surface area contributed by atoms with Crippen molar-refractivity contribution in [1.29, 1.82) is 0 Å². The molecule has 0 aromatic heterocycles. The molecule has 1 aliphatic heterocycles. The summed E-state index contributed by atoms with van der Waals surface area (Å²) >= 11 is 0. The average molecular weight is 457 g/mol. The van der Waals surface area contributed by atoms with Gasteiger partial charge in [-0.25, -0.2) is 9.18 Å². The molecular weight excluding hydrogens is 431 g/mol. The molecule has 0 radical (unpaired) electrons. The van der Waals surface area contributed by atoms with E-state index in [0.717, 1.165) is 5.56 Å². The van der Waals surface area contributed by atoms with Crippen molar-refractivity contribution in [1.82, 2.24) is 5.32 Å². The number of hydrogen-bond acceptors (Lipinski definition) is 3. The number of halogens is 1. The molecule has 0 bridgehead atoms. The second-order valence-electron chi connectivity index (χ2n) is 9.01. The number of fused-ring (bicyclic) bond motifs is 1. The van der Waals surface area contributed by atoms with Gasteiger partial charge in [-0.15, -0.1) is 0 Å². The van der Waals surface area contributed by atoms with Crippen LogP contribution in [-0.2, 0) is 21.6 Å². The van der Waals surface area contributed by atoms with Crippen LogP contribution in [-0.4, -0.2) is 17.6 Å². The van der Waals surface area contributed by atoms with E-state index >= 15 is 4.39 Å². The van der Waals surface area contributed by atoms with Gasteiger partial charge in [0.25, 0.3) is 5.91 Å². The van der Waals surface area contributed by atoms with Gasteiger partial charge in [0, 0.05) is 11.1 Å². The fourth-order valence-electron chi connectivity index (χ4n) is 3.85. The van der Waals surface area contributed by atoms with Gasteiger partial charge in [0.05, 0.1) is 12.2 Å². The van der Waals surface area contributed by atoms with E-state index in [-0.39, 0.29) is 17.8 Å². The third kappa shape index (κ3) is 4.65. The summed E-state index contributed by atoms with van der Waals surface area (Å²) in [6.45, 7) is 5.29. The van der Waals surface area contributed by atoms with Crippen molar-refractivity contribution in [3.8, 4) is 11.8 Å². The molecule has 3 aromatic carbocycles. The van der Waals surface area contributed by atoms with E-state index in [9.17, 15) is 9.59 Å². The first-order valence-electron chi connectivity index (χ1n) is 10.9. The van der Waals surface area contributed by atoms with Crippen molar-refractivity contribution in [3.63, 3.8) is 0 Å². The number of rotatable bonds is 3. The minimum Gasteiger partial charge on any atom is -0.444 e. The zero-order valence-electron chi connectivity index (χ0n) is 19.3. The molecule has 1 N–H and O–H groups in total. The van der Waals surface area contributed by atoms with Crippen LogP contribution < -0.4 is 10.2 Å². The normalized spacial score (nSPS) is 16.9. The molecule has 172 valence electrons. The predicted molar refractivity (Wildman–Crippen MR) is 128 cm³/mol. The standard InChI is InChI=1S/C28H25FN2O3/c1-27(2,3)34-26(33)30-28(18-17-20-11-6-4-7-12-20)22-15-10-16-23(29)24(22)31(25(28)32)19-21-13-8-5-9-14-21/h4-16H,19H2,1-3H3,(H,30,33)/t28-/m0/s1. The van der Waals surface area contributed by atoms with Crippen LogP contribution in [0.1, 0.15) is 37.5 Å². The van der Waals surface area contributed by atoms with Crippen molar-refractivity contribution in [2.75, 3.05) is 4.90 Å². The Balaban J connectivity index is 1.86. The van der Waals surface area contributed by atoms with Crippen LogP contribution in [0.4, 0.5) is 14.9 Å². The molecule has 0 unspecified atom stereocenters. The summed E-state index contributed by atoms with van der Waals surface area (Å²) < 4.78 is 20.6. The van der Waals surface area contributed by atoms with E-state index in [1.165, 1.54) is 17.0 Å². The van der Waals surface area contributed by atoms with Crippen LogP contribution in [0, 0.1) is 17.7 Å². The number of nitrogens with zero attached hydrogens (tertiary/aromatic N) is 1. The zero-order valence-corrected chi connectivity index (χ0v) is 19.3. The van der Waals surface area contributed by atoms with E-state index in [0.29, 0.717) is 5.56 Å². The fraction of sp³-hybridized carbons (Fsp3) is 0.214. The van der Waals surface area contributed by atoms with E-state index in [1.54, 1.807) is 39.0 Å². The lowest BCUT2D eigenvalue weighted by molar-refractivity contribution is -0.122. The van der Waals surface area contributed by atoms with Crippen LogP contribution >= 0.6 is 0 Å². The van der Waals surface area contributed by atoms with Crippen LogP contribution in [0.2, 0.25) is 0 Å². The van der Waals surface area contributed by atoms with Gasteiger partial charge < -0.3 is 9.64 Å².